The molecule has 0 amide bonds. The van der Waals surface area contributed by atoms with Crippen molar-refractivity contribution in [1.82, 2.24) is 0 Å². The summed E-state index contributed by atoms with van der Waals surface area (Å²) in [7, 11) is 0. The van der Waals surface area contributed by atoms with Gasteiger partial charge in [-0.1, -0.05) is 166 Å². The van der Waals surface area contributed by atoms with Gasteiger partial charge in [-0.3, -0.25) is 0 Å². The Morgan fingerprint density at radius 1 is 0.340 bits per heavy atom. The highest BCUT2D eigenvalue weighted by molar-refractivity contribution is 6.25. The van der Waals surface area contributed by atoms with Gasteiger partial charge in [-0.2, -0.15) is 0 Å². The lowest BCUT2D eigenvalue weighted by molar-refractivity contribution is 0.666. The predicted octanol–water partition coefficient (Wildman–Crippen LogP) is 13.1. The fraction of sp³-hybridized carbons (Fsp3) is 0.0638. The van der Waals surface area contributed by atoms with Gasteiger partial charge < -0.3 is 0 Å². The minimum Gasteiger partial charge on any atom is -0.0616 e. The van der Waals surface area contributed by atoms with Gasteiger partial charge in [0.2, 0.25) is 0 Å². The first-order valence-electron chi connectivity index (χ1n) is 16.6. The molecule has 0 nitrogen and oxygen atoms in total. The van der Waals surface area contributed by atoms with Crippen molar-refractivity contribution >= 4 is 53.9 Å². The molecule has 9 aromatic carbocycles. The van der Waals surface area contributed by atoms with E-state index in [-0.39, 0.29) is 5.41 Å². The van der Waals surface area contributed by atoms with Gasteiger partial charge in [0.1, 0.15) is 0 Å². The van der Waals surface area contributed by atoms with Gasteiger partial charge in [-0.25, -0.2) is 0 Å². The van der Waals surface area contributed by atoms with Crippen molar-refractivity contribution in [2.24, 2.45) is 0 Å². The quantitative estimate of drug-likeness (QED) is 0.138. The molecule has 47 heavy (non-hydrogen) atoms. The van der Waals surface area contributed by atoms with Crippen molar-refractivity contribution < 1.29 is 0 Å². The van der Waals surface area contributed by atoms with E-state index in [1.165, 1.54) is 98.4 Å². The van der Waals surface area contributed by atoms with Crippen LogP contribution in [-0.4, -0.2) is 0 Å². The molecule has 220 valence electrons. The second-order valence-corrected chi connectivity index (χ2v) is 13.6. The summed E-state index contributed by atoms with van der Waals surface area (Å²) in [6.45, 7) is 4.84. The van der Waals surface area contributed by atoms with Gasteiger partial charge in [0.25, 0.3) is 0 Å². The Morgan fingerprint density at radius 3 is 1.47 bits per heavy atom. The average Bonchev–Trinajstić information content (AvgIpc) is 3.37. The van der Waals surface area contributed by atoms with Crippen molar-refractivity contribution in [3.63, 3.8) is 0 Å². The monoisotopic (exact) mass is 596 g/mol. The van der Waals surface area contributed by atoms with Crippen LogP contribution < -0.4 is 0 Å². The zero-order chi connectivity index (χ0) is 31.3. The molecule has 0 fully saturated rings. The minimum atomic E-state index is -0.152. The fourth-order valence-electron chi connectivity index (χ4n) is 8.81. The molecule has 0 spiro atoms. The van der Waals surface area contributed by atoms with Crippen molar-refractivity contribution in [2.75, 3.05) is 0 Å². The zero-order valence-electron chi connectivity index (χ0n) is 26.5. The van der Waals surface area contributed by atoms with Crippen LogP contribution in [0.1, 0.15) is 25.0 Å². The van der Waals surface area contributed by atoms with Crippen molar-refractivity contribution in [1.29, 1.82) is 0 Å². The molecule has 0 heterocycles. The lowest BCUT2D eigenvalue weighted by Crippen LogP contribution is -2.15. The van der Waals surface area contributed by atoms with Crippen LogP contribution in [0.15, 0.2) is 158 Å². The first-order valence-corrected chi connectivity index (χ1v) is 16.6. The van der Waals surface area contributed by atoms with Gasteiger partial charge in [0.15, 0.2) is 0 Å². The predicted molar refractivity (Wildman–Crippen MR) is 202 cm³/mol. The van der Waals surface area contributed by atoms with Crippen LogP contribution in [0, 0.1) is 0 Å². The van der Waals surface area contributed by atoms with Crippen LogP contribution >= 0.6 is 0 Å². The first kappa shape index (κ1) is 26.5. The van der Waals surface area contributed by atoms with E-state index in [2.05, 4.69) is 172 Å². The maximum Gasteiger partial charge on any atom is 0.0165 e. The van der Waals surface area contributed by atoms with E-state index in [0.717, 1.165) is 0 Å². The summed E-state index contributed by atoms with van der Waals surface area (Å²) < 4.78 is 0. The molecule has 0 atom stereocenters. The number of benzene rings is 9. The molecule has 0 N–H and O–H groups in total. The second kappa shape index (κ2) is 9.64. The Labute approximate surface area is 274 Å². The largest absolute Gasteiger partial charge is 0.0616 e. The van der Waals surface area contributed by atoms with Crippen LogP contribution in [0.3, 0.4) is 0 Å². The normalized spacial score (nSPS) is 13.5. The summed E-state index contributed by atoms with van der Waals surface area (Å²) in [5, 5.41) is 13.0. The summed E-state index contributed by atoms with van der Waals surface area (Å²) in [5.41, 5.74) is 10.6. The third-order valence-corrected chi connectivity index (χ3v) is 10.8. The molecule has 0 unspecified atom stereocenters. The van der Waals surface area contributed by atoms with E-state index < -0.39 is 0 Å². The zero-order valence-corrected chi connectivity index (χ0v) is 26.5. The van der Waals surface area contributed by atoms with Crippen molar-refractivity contribution in [2.45, 2.75) is 19.3 Å². The third kappa shape index (κ3) is 3.59. The Balaban J connectivity index is 1.37. The van der Waals surface area contributed by atoms with E-state index in [0.29, 0.717) is 0 Å². The minimum absolute atomic E-state index is 0.152. The highest BCUT2D eigenvalue weighted by Crippen LogP contribution is 2.58. The molecule has 0 heteroatoms. The number of fused-ring (bicyclic) bond motifs is 11. The van der Waals surface area contributed by atoms with Crippen LogP contribution in [0.25, 0.3) is 87.2 Å². The van der Waals surface area contributed by atoms with Crippen LogP contribution in [0.4, 0.5) is 0 Å². The smallest absolute Gasteiger partial charge is 0.0165 e. The van der Waals surface area contributed by atoms with Crippen LogP contribution in [0.2, 0.25) is 0 Å². The molecule has 10 rings (SSSR count). The summed E-state index contributed by atoms with van der Waals surface area (Å²) in [4.78, 5) is 0. The molecule has 0 saturated carbocycles. The maximum absolute atomic E-state index is 2.42. The highest BCUT2D eigenvalue weighted by Gasteiger charge is 2.40. The second-order valence-electron chi connectivity index (χ2n) is 13.6. The van der Waals surface area contributed by atoms with Crippen molar-refractivity contribution in [3.05, 3.63) is 169 Å². The lowest BCUT2D eigenvalue weighted by atomic mass is 9.79. The Bertz CT molecular complexity index is 2700. The summed E-state index contributed by atoms with van der Waals surface area (Å²) >= 11 is 0. The maximum atomic E-state index is 2.42. The number of rotatable bonds is 2. The van der Waals surface area contributed by atoms with Crippen LogP contribution in [-0.2, 0) is 5.41 Å². The van der Waals surface area contributed by atoms with E-state index in [9.17, 15) is 0 Å². The molecule has 0 bridgehead atoms. The van der Waals surface area contributed by atoms with Crippen LogP contribution in [0.5, 0.6) is 0 Å². The van der Waals surface area contributed by atoms with Gasteiger partial charge in [0.05, 0.1) is 0 Å². The molecule has 1 aliphatic carbocycles. The topological polar surface area (TPSA) is 0 Å². The first-order chi connectivity index (χ1) is 23.1. The molecular weight excluding hydrogens is 565 g/mol. The van der Waals surface area contributed by atoms with Gasteiger partial charge in [-0.05, 0) is 104 Å². The van der Waals surface area contributed by atoms with Gasteiger partial charge in [-0.15, -0.1) is 0 Å². The molecule has 0 saturated heterocycles. The molecule has 0 aliphatic heterocycles. The standard InChI is InChI=1S/C47H32/c1-47(2)41-25-13-24-40(44(41)45-34-18-7-5-16-32(34)33-17-6-12-23-39(33)46(45)47)43-37-21-10-8-19-35(37)42(36-20-9-11-22-38(36)43)31-27-26-29-14-3-4-15-30(29)28-31/h3-28H,1-2H3. The van der Waals surface area contributed by atoms with Gasteiger partial charge >= 0.3 is 0 Å². The lowest BCUT2D eigenvalue weighted by Gasteiger charge is -2.24. The Morgan fingerprint density at radius 2 is 0.830 bits per heavy atom. The molecule has 9 aromatic rings. The van der Waals surface area contributed by atoms with Crippen molar-refractivity contribution in [3.8, 4) is 33.4 Å². The van der Waals surface area contributed by atoms with E-state index in [4.69, 9.17) is 0 Å². The Hall–Kier alpha value is -5.72. The van der Waals surface area contributed by atoms with Gasteiger partial charge in [0, 0.05) is 5.41 Å². The number of hydrogen-bond donors (Lipinski definition) is 0. The third-order valence-electron chi connectivity index (χ3n) is 10.8. The molecule has 1 aliphatic rings. The molecule has 0 aromatic heterocycles. The summed E-state index contributed by atoms with van der Waals surface area (Å²) in [6, 6.07) is 58.7. The number of hydrogen-bond acceptors (Lipinski definition) is 0. The fourth-order valence-corrected chi connectivity index (χ4v) is 8.81. The molecule has 0 radical (unpaired) electrons. The SMILES string of the molecule is CC1(C)c2cccc(-c3c4ccccc4c(-c4ccc5ccccc5c4)c4ccccc34)c2-c2c1c1ccccc1c1ccccc21. The van der Waals surface area contributed by atoms with E-state index in [1.807, 2.05) is 0 Å². The highest BCUT2D eigenvalue weighted by atomic mass is 14.4. The van der Waals surface area contributed by atoms with E-state index >= 15 is 0 Å². The average molecular weight is 597 g/mol. The summed E-state index contributed by atoms with van der Waals surface area (Å²) in [5.74, 6) is 0. The molecular formula is C47H32. The van der Waals surface area contributed by atoms with E-state index in [1.54, 1.807) is 0 Å². The Kier molecular flexibility index (Phi) is 5.44. The summed E-state index contributed by atoms with van der Waals surface area (Å²) in [6.07, 6.45) is 0.